The van der Waals surface area contributed by atoms with Crippen molar-refractivity contribution in [1.29, 1.82) is 0 Å². The van der Waals surface area contributed by atoms with Crippen LogP contribution in [-0.4, -0.2) is 42.9 Å². The van der Waals surface area contributed by atoms with E-state index in [4.69, 9.17) is 14.2 Å². The van der Waals surface area contributed by atoms with Crippen LogP contribution in [0.15, 0.2) is 61.2 Å². The summed E-state index contributed by atoms with van der Waals surface area (Å²) in [6, 6.07) is 13.0. The van der Waals surface area contributed by atoms with Crippen molar-refractivity contribution in [2.45, 2.75) is 19.5 Å². The van der Waals surface area contributed by atoms with Crippen molar-refractivity contribution in [2.75, 3.05) is 27.4 Å². The molecule has 1 atom stereocenters. The number of hydrogen-bond acceptors (Lipinski definition) is 5. The lowest BCUT2D eigenvalue weighted by Crippen LogP contribution is -2.26. The van der Waals surface area contributed by atoms with Gasteiger partial charge >= 0.3 is 0 Å². The summed E-state index contributed by atoms with van der Waals surface area (Å²) in [4.78, 5) is 16.7. The highest BCUT2D eigenvalue weighted by atomic mass is 16.5. The van der Waals surface area contributed by atoms with Crippen molar-refractivity contribution in [1.82, 2.24) is 14.9 Å². The van der Waals surface area contributed by atoms with Crippen LogP contribution in [0.3, 0.4) is 0 Å². The van der Waals surface area contributed by atoms with E-state index in [0.29, 0.717) is 30.3 Å². The van der Waals surface area contributed by atoms with Gasteiger partial charge in [-0.05, 0) is 42.3 Å². The average molecular weight is 409 g/mol. The smallest absolute Gasteiger partial charge is 0.251 e. The van der Waals surface area contributed by atoms with E-state index in [-0.39, 0.29) is 11.9 Å². The molecule has 1 heterocycles. The number of carbonyl (C=O) groups excluding carboxylic acids is 1. The number of carbonyl (C=O) groups is 1. The summed E-state index contributed by atoms with van der Waals surface area (Å²) < 4.78 is 18.1. The van der Waals surface area contributed by atoms with E-state index in [1.54, 1.807) is 26.7 Å². The molecular weight excluding hydrogens is 382 g/mol. The molecule has 7 nitrogen and oxygen atoms in total. The Morgan fingerprint density at radius 1 is 1.10 bits per heavy atom. The summed E-state index contributed by atoms with van der Waals surface area (Å²) in [6.07, 6.45) is 5.42. The minimum Gasteiger partial charge on any atom is -0.493 e. The lowest BCUT2D eigenvalue weighted by molar-refractivity contribution is 0.0940. The molecule has 0 radical (unpaired) electrons. The molecule has 2 aromatic carbocycles. The van der Waals surface area contributed by atoms with Crippen molar-refractivity contribution in [3.8, 4) is 11.5 Å². The number of benzene rings is 2. The first-order valence-corrected chi connectivity index (χ1v) is 9.76. The zero-order valence-corrected chi connectivity index (χ0v) is 17.5. The lowest BCUT2D eigenvalue weighted by atomic mass is 10.1. The van der Waals surface area contributed by atoms with Crippen LogP contribution in [0.2, 0.25) is 0 Å². The van der Waals surface area contributed by atoms with Crippen LogP contribution in [0.4, 0.5) is 0 Å². The second-order valence-corrected chi connectivity index (χ2v) is 6.88. The van der Waals surface area contributed by atoms with Crippen LogP contribution in [0.1, 0.15) is 34.5 Å². The molecule has 1 unspecified atom stereocenters. The predicted octanol–water partition coefficient (Wildman–Crippen LogP) is 3.46. The van der Waals surface area contributed by atoms with E-state index in [0.717, 1.165) is 17.7 Å². The van der Waals surface area contributed by atoms with Crippen molar-refractivity contribution in [3.63, 3.8) is 0 Å². The third-order valence-electron chi connectivity index (χ3n) is 4.72. The molecule has 0 bridgehead atoms. The molecule has 1 amide bonds. The first kappa shape index (κ1) is 21.4. The van der Waals surface area contributed by atoms with Gasteiger partial charge in [-0.2, -0.15) is 0 Å². The second-order valence-electron chi connectivity index (χ2n) is 6.88. The number of methoxy groups -OCH3 is 2. The van der Waals surface area contributed by atoms with Crippen LogP contribution in [-0.2, 0) is 11.3 Å². The Hall–Kier alpha value is -3.32. The first-order chi connectivity index (χ1) is 14.6. The number of aromatic nitrogens is 2. The van der Waals surface area contributed by atoms with Crippen molar-refractivity contribution >= 4 is 5.91 Å². The van der Waals surface area contributed by atoms with Gasteiger partial charge in [0.25, 0.3) is 5.91 Å². The zero-order valence-electron chi connectivity index (χ0n) is 17.5. The van der Waals surface area contributed by atoms with E-state index in [9.17, 15) is 4.79 Å². The molecule has 0 aliphatic carbocycles. The van der Waals surface area contributed by atoms with Gasteiger partial charge in [0.15, 0.2) is 11.5 Å². The summed E-state index contributed by atoms with van der Waals surface area (Å²) in [5.74, 6) is 1.13. The zero-order chi connectivity index (χ0) is 21.3. The summed E-state index contributed by atoms with van der Waals surface area (Å²) in [6.45, 7) is 3.59. The normalized spacial score (nSPS) is 11.7. The largest absolute Gasteiger partial charge is 0.493 e. The van der Waals surface area contributed by atoms with Gasteiger partial charge < -0.3 is 24.1 Å². The SMILES string of the molecule is COCCOc1ccc(C(C)NC(=O)c2ccc(Cn3ccnc3)cc2)cc1OC. The molecule has 0 fully saturated rings. The van der Waals surface area contributed by atoms with Gasteiger partial charge in [0, 0.05) is 31.6 Å². The number of ether oxygens (including phenoxy) is 3. The minimum atomic E-state index is -0.190. The Morgan fingerprint density at radius 2 is 1.90 bits per heavy atom. The van der Waals surface area contributed by atoms with Gasteiger partial charge in [-0.3, -0.25) is 4.79 Å². The van der Waals surface area contributed by atoms with Crippen LogP contribution in [0, 0.1) is 0 Å². The predicted molar refractivity (Wildman–Crippen MR) is 114 cm³/mol. The fourth-order valence-electron chi connectivity index (χ4n) is 3.02. The topological polar surface area (TPSA) is 74.6 Å². The molecular formula is C23H27N3O4. The van der Waals surface area contributed by atoms with Gasteiger partial charge in [-0.15, -0.1) is 0 Å². The Morgan fingerprint density at radius 3 is 2.57 bits per heavy atom. The van der Waals surface area contributed by atoms with Crippen LogP contribution >= 0.6 is 0 Å². The molecule has 0 spiro atoms. The molecule has 0 saturated heterocycles. The Bertz CT molecular complexity index is 940. The maximum Gasteiger partial charge on any atom is 0.251 e. The highest BCUT2D eigenvalue weighted by molar-refractivity contribution is 5.94. The maximum absolute atomic E-state index is 12.7. The first-order valence-electron chi connectivity index (χ1n) is 9.76. The molecule has 1 aromatic heterocycles. The van der Waals surface area contributed by atoms with Gasteiger partial charge in [0.2, 0.25) is 0 Å². The molecule has 1 N–H and O–H groups in total. The monoisotopic (exact) mass is 409 g/mol. The number of hydrogen-bond donors (Lipinski definition) is 1. The number of amides is 1. The van der Waals surface area contributed by atoms with Crippen molar-refractivity contribution in [3.05, 3.63) is 77.9 Å². The standard InChI is InChI=1S/C23H27N3O4/c1-17(20-8-9-21(22(14-20)29-3)30-13-12-28-2)25-23(27)19-6-4-18(5-7-19)15-26-11-10-24-16-26/h4-11,14,16-17H,12-13,15H2,1-3H3,(H,25,27). The van der Waals surface area contributed by atoms with E-state index in [1.807, 2.05) is 60.2 Å². The molecule has 3 aromatic rings. The number of nitrogens with one attached hydrogen (secondary N) is 1. The van der Waals surface area contributed by atoms with Crippen molar-refractivity contribution < 1.29 is 19.0 Å². The molecule has 30 heavy (non-hydrogen) atoms. The van der Waals surface area contributed by atoms with Crippen molar-refractivity contribution in [2.24, 2.45) is 0 Å². The van der Waals surface area contributed by atoms with Gasteiger partial charge in [0.05, 0.1) is 26.1 Å². The molecule has 7 heteroatoms. The van der Waals surface area contributed by atoms with Crippen LogP contribution in [0.25, 0.3) is 0 Å². The Kier molecular flexibility index (Phi) is 7.45. The highest BCUT2D eigenvalue weighted by Crippen LogP contribution is 2.30. The summed E-state index contributed by atoms with van der Waals surface area (Å²) in [5.41, 5.74) is 2.64. The summed E-state index contributed by atoms with van der Waals surface area (Å²) in [7, 11) is 3.22. The molecule has 0 aliphatic heterocycles. The minimum absolute atomic E-state index is 0.129. The highest BCUT2D eigenvalue weighted by Gasteiger charge is 2.14. The van der Waals surface area contributed by atoms with Gasteiger partial charge in [-0.25, -0.2) is 4.98 Å². The molecule has 0 saturated carbocycles. The quantitative estimate of drug-likeness (QED) is 0.519. The van der Waals surface area contributed by atoms with Gasteiger partial charge in [0.1, 0.15) is 6.61 Å². The average Bonchev–Trinajstić information content (AvgIpc) is 3.27. The van der Waals surface area contributed by atoms with E-state index in [1.165, 1.54) is 0 Å². The number of imidazole rings is 1. The summed E-state index contributed by atoms with van der Waals surface area (Å²) in [5, 5.41) is 3.03. The summed E-state index contributed by atoms with van der Waals surface area (Å²) >= 11 is 0. The van der Waals surface area contributed by atoms with E-state index < -0.39 is 0 Å². The van der Waals surface area contributed by atoms with Crippen LogP contribution in [0.5, 0.6) is 11.5 Å². The molecule has 0 aliphatic rings. The fraction of sp³-hybridized carbons (Fsp3) is 0.304. The fourth-order valence-corrected chi connectivity index (χ4v) is 3.02. The third kappa shape index (κ3) is 5.61. The molecule has 158 valence electrons. The van der Waals surface area contributed by atoms with Crippen LogP contribution < -0.4 is 14.8 Å². The Labute approximate surface area is 176 Å². The maximum atomic E-state index is 12.7. The Balaban J connectivity index is 1.61. The van der Waals surface area contributed by atoms with E-state index in [2.05, 4.69) is 10.3 Å². The van der Waals surface area contributed by atoms with E-state index >= 15 is 0 Å². The number of nitrogens with zero attached hydrogens (tertiary/aromatic N) is 2. The molecule has 3 rings (SSSR count). The van der Waals surface area contributed by atoms with Gasteiger partial charge in [-0.1, -0.05) is 18.2 Å². The second kappa shape index (κ2) is 10.5. The lowest BCUT2D eigenvalue weighted by Gasteiger charge is -2.17. The third-order valence-corrected chi connectivity index (χ3v) is 4.72. The number of rotatable bonds is 10.